The van der Waals surface area contributed by atoms with Crippen molar-refractivity contribution in [2.45, 2.75) is 13.3 Å². The van der Waals surface area contributed by atoms with Crippen LogP contribution in [-0.2, 0) is 6.42 Å². The SMILES string of the molecule is CC(=O)c1ccc(C(=O)O)cc1CCN. The number of ketones is 1. The first-order valence-corrected chi connectivity index (χ1v) is 4.63. The molecule has 15 heavy (non-hydrogen) atoms. The number of carbonyl (C=O) groups excluding carboxylic acids is 1. The topological polar surface area (TPSA) is 80.4 Å². The van der Waals surface area contributed by atoms with Gasteiger partial charge in [0.1, 0.15) is 0 Å². The van der Waals surface area contributed by atoms with Gasteiger partial charge in [0, 0.05) is 5.56 Å². The first-order valence-electron chi connectivity index (χ1n) is 4.63. The Morgan fingerprint density at radius 2 is 2.07 bits per heavy atom. The van der Waals surface area contributed by atoms with Crippen LogP contribution < -0.4 is 5.73 Å². The number of carboxylic acids is 1. The highest BCUT2D eigenvalue weighted by atomic mass is 16.4. The quantitative estimate of drug-likeness (QED) is 0.724. The van der Waals surface area contributed by atoms with E-state index in [1.807, 2.05) is 0 Å². The van der Waals surface area contributed by atoms with Gasteiger partial charge in [-0.3, -0.25) is 4.79 Å². The van der Waals surface area contributed by atoms with E-state index in [9.17, 15) is 9.59 Å². The van der Waals surface area contributed by atoms with Crippen molar-refractivity contribution in [3.05, 3.63) is 34.9 Å². The predicted molar refractivity (Wildman–Crippen MR) is 56.2 cm³/mol. The lowest BCUT2D eigenvalue weighted by Crippen LogP contribution is -2.09. The molecule has 0 spiro atoms. The number of Topliss-reactive ketones (excluding diaryl/α,β-unsaturated/α-hetero) is 1. The third-order valence-electron chi connectivity index (χ3n) is 2.15. The average Bonchev–Trinajstić information content (AvgIpc) is 2.17. The molecule has 3 N–H and O–H groups in total. The maximum Gasteiger partial charge on any atom is 0.335 e. The Morgan fingerprint density at radius 3 is 2.53 bits per heavy atom. The van der Waals surface area contributed by atoms with E-state index < -0.39 is 5.97 Å². The van der Waals surface area contributed by atoms with Gasteiger partial charge in [-0.1, -0.05) is 6.07 Å². The van der Waals surface area contributed by atoms with Crippen molar-refractivity contribution >= 4 is 11.8 Å². The highest BCUT2D eigenvalue weighted by molar-refractivity contribution is 5.97. The number of hydrogen-bond donors (Lipinski definition) is 2. The van der Waals surface area contributed by atoms with Gasteiger partial charge in [-0.2, -0.15) is 0 Å². The fraction of sp³-hybridized carbons (Fsp3) is 0.273. The molecule has 0 atom stereocenters. The number of hydrogen-bond acceptors (Lipinski definition) is 3. The monoisotopic (exact) mass is 207 g/mol. The zero-order valence-electron chi connectivity index (χ0n) is 8.49. The van der Waals surface area contributed by atoms with E-state index in [0.29, 0.717) is 24.1 Å². The van der Waals surface area contributed by atoms with Gasteiger partial charge in [0.2, 0.25) is 0 Å². The Balaban J connectivity index is 3.20. The fourth-order valence-corrected chi connectivity index (χ4v) is 1.43. The minimum Gasteiger partial charge on any atom is -0.478 e. The van der Waals surface area contributed by atoms with Crippen LogP contribution in [0.2, 0.25) is 0 Å². The molecule has 0 amide bonds. The van der Waals surface area contributed by atoms with Gasteiger partial charge in [0.05, 0.1) is 5.56 Å². The predicted octanol–water partition coefficient (Wildman–Crippen LogP) is 1.09. The molecule has 1 rings (SSSR count). The van der Waals surface area contributed by atoms with Crippen molar-refractivity contribution in [2.24, 2.45) is 5.73 Å². The summed E-state index contributed by atoms with van der Waals surface area (Å²) >= 11 is 0. The molecule has 0 heterocycles. The largest absolute Gasteiger partial charge is 0.478 e. The van der Waals surface area contributed by atoms with Crippen LogP contribution >= 0.6 is 0 Å². The lowest BCUT2D eigenvalue weighted by Gasteiger charge is -2.06. The Hall–Kier alpha value is -1.68. The minimum absolute atomic E-state index is 0.0737. The van der Waals surface area contributed by atoms with Crippen molar-refractivity contribution in [3.63, 3.8) is 0 Å². The van der Waals surface area contributed by atoms with Gasteiger partial charge in [-0.25, -0.2) is 4.79 Å². The van der Waals surface area contributed by atoms with Gasteiger partial charge in [-0.15, -0.1) is 0 Å². The first-order chi connectivity index (χ1) is 7.06. The van der Waals surface area contributed by atoms with Gasteiger partial charge >= 0.3 is 5.97 Å². The number of carbonyl (C=O) groups is 2. The Bertz CT molecular complexity index is 399. The Kier molecular flexibility index (Phi) is 3.57. The maximum absolute atomic E-state index is 11.2. The molecule has 0 radical (unpaired) electrons. The van der Waals surface area contributed by atoms with Crippen LogP contribution in [0.1, 0.15) is 33.2 Å². The molecule has 0 bridgehead atoms. The zero-order valence-corrected chi connectivity index (χ0v) is 8.49. The van der Waals surface area contributed by atoms with E-state index >= 15 is 0 Å². The number of benzene rings is 1. The van der Waals surface area contributed by atoms with Crippen LogP contribution in [0.15, 0.2) is 18.2 Å². The van der Waals surface area contributed by atoms with Crippen molar-refractivity contribution in [1.82, 2.24) is 0 Å². The zero-order chi connectivity index (χ0) is 11.4. The molecule has 1 aromatic rings. The smallest absolute Gasteiger partial charge is 0.335 e. The summed E-state index contributed by atoms with van der Waals surface area (Å²) in [6.45, 7) is 1.85. The fourth-order valence-electron chi connectivity index (χ4n) is 1.43. The van der Waals surface area contributed by atoms with E-state index in [1.165, 1.54) is 25.1 Å². The van der Waals surface area contributed by atoms with Crippen LogP contribution in [0.25, 0.3) is 0 Å². The molecule has 0 aromatic heterocycles. The van der Waals surface area contributed by atoms with E-state index in [2.05, 4.69) is 0 Å². The lowest BCUT2D eigenvalue weighted by molar-refractivity contribution is 0.0696. The van der Waals surface area contributed by atoms with E-state index in [4.69, 9.17) is 10.8 Å². The molecule has 4 nitrogen and oxygen atoms in total. The Labute approximate surface area is 87.7 Å². The van der Waals surface area contributed by atoms with Crippen LogP contribution in [0.5, 0.6) is 0 Å². The summed E-state index contributed by atoms with van der Waals surface area (Å²) in [5, 5.41) is 8.79. The van der Waals surface area contributed by atoms with Gasteiger partial charge < -0.3 is 10.8 Å². The van der Waals surface area contributed by atoms with Crippen LogP contribution in [-0.4, -0.2) is 23.4 Å². The average molecular weight is 207 g/mol. The van der Waals surface area contributed by atoms with Gasteiger partial charge in [0.25, 0.3) is 0 Å². The molecule has 1 aromatic carbocycles. The molecule has 0 fully saturated rings. The van der Waals surface area contributed by atoms with E-state index in [0.717, 1.165) is 0 Å². The van der Waals surface area contributed by atoms with Crippen LogP contribution in [0.3, 0.4) is 0 Å². The summed E-state index contributed by atoms with van der Waals surface area (Å²) in [6, 6.07) is 4.47. The normalized spacial score (nSPS) is 10.0. The third-order valence-corrected chi connectivity index (χ3v) is 2.15. The second-order valence-electron chi connectivity index (χ2n) is 3.27. The molecular formula is C11H13NO3. The number of nitrogens with two attached hydrogens (primary N) is 1. The summed E-state index contributed by atoms with van der Waals surface area (Å²) in [5.74, 6) is -1.07. The molecule has 4 heteroatoms. The molecule has 0 unspecified atom stereocenters. The van der Waals surface area contributed by atoms with Crippen molar-refractivity contribution in [1.29, 1.82) is 0 Å². The van der Waals surface area contributed by atoms with Crippen LogP contribution in [0.4, 0.5) is 0 Å². The number of aromatic carboxylic acids is 1. The summed E-state index contributed by atoms with van der Waals surface area (Å²) < 4.78 is 0. The van der Waals surface area contributed by atoms with Gasteiger partial charge in [0.15, 0.2) is 5.78 Å². The highest BCUT2D eigenvalue weighted by Crippen LogP contribution is 2.13. The summed E-state index contributed by atoms with van der Waals surface area (Å²) in [4.78, 5) is 22.0. The van der Waals surface area contributed by atoms with Crippen molar-refractivity contribution in [2.75, 3.05) is 6.54 Å². The summed E-state index contributed by atoms with van der Waals surface area (Å²) in [5.41, 5.74) is 6.83. The molecule has 0 aliphatic carbocycles. The lowest BCUT2D eigenvalue weighted by atomic mass is 9.99. The maximum atomic E-state index is 11.2. The molecular weight excluding hydrogens is 194 g/mol. The summed E-state index contributed by atoms with van der Waals surface area (Å²) in [6.07, 6.45) is 0.510. The highest BCUT2D eigenvalue weighted by Gasteiger charge is 2.10. The van der Waals surface area contributed by atoms with Crippen LogP contribution in [0, 0.1) is 0 Å². The Morgan fingerprint density at radius 1 is 1.40 bits per heavy atom. The molecule has 0 aliphatic heterocycles. The second-order valence-corrected chi connectivity index (χ2v) is 3.27. The molecule has 80 valence electrons. The van der Waals surface area contributed by atoms with E-state index in [1.54, 1.807) is 0 Å². The molecule has 0 aliphatic rings. The third kappa shape index (κ3) is 2.63. The van der Waals surface area contributed by atoms with Gasteiger partial charge in [-0.05, 0) is 37.6 Å². The minimum atomic E-state index is -0.997. The summed E-state index contributed by atoms with van der Waals surface area (Å²) in [7, 11) is 0. The first kappa shape index (κ1) is 11.4. The molecule has 0 saturated heterocycles. The van der Waals surface area contributed by atoms with Crippen molar-refractivity contribution < 1.29 is 14.7 Å². The number of rotatable bonds is 4. The van der Waals surface area contributed by atoms with Crippen molar-refractivity contribution in [3.8, 4) is 0 Å². The number of carboxylic acid groups (broad SMARTS) is 1. The second kappa shape index (κ2) is 4.70. The standard InChI is InChI=1S/C11H13NO3/c1-7(13)10-3-2-9(11(14)15)6-8(10)4-5-12/h2-3,6H,4-5,12H2,1H3,(H,14,15). The van der Waals surface area contributed by atoms with E-state index in [-0.39, 0.29) is 11.3 Å². The molecule has 0 saturated carbocycles.